The molecular weight excluding hydrogens is 300 g/mol. The van der Waals surface area contributed by atoms with Crippen molar-refractivity contribution in [2.75, 3.05) is 6.54 Å². The third kappa shape index (κ3) is 4.53. The molecule has 0 aliphatic rings. The Kier molecular flexibility index (Phi) is 5.29. The largest absolute Gasteiger partial charge is 0.464 e. The van der Waals surface area contributed by atoms with E-state index in [2.05, 4.69) is 10.4 Å². The maximum atomic E-state index is 11.9. The SMILES string of the molecule is CC(C)CNC(=O)c1ccn(COc2ccccc2[N+](=O)[O-])n1. The molecule has 0 spiro atoms. The van der Waals surface area contributed by atoms with E-state index in [0.717, 1.165) is 0 Å². The van der Waals surface area contributed by atoms with Crippen molar-refractivity contribution in [2.45, 2.75) is 20.6 Å². The minimum Gasteiger partial charge on any atom is -0.464 e. The zero-order chi connectivity index (χ0) is 16.8. The van der Waals surface area contributed by atoms with Gasteiger partial charge in [0.15, 0.2) is 12.5 Å². The summed E-state index contributed by atoms with van der Waals surface area (Å²) in [7, 11) is 0. The van der Waals surface area contributed by atoms with Gasteiger partial charge in [0.1, 0.15) is 5.69 Å². The minimum atomic E-state index is -0.511. The smallest absolute Gasteiger partial charge is 0.311 e. The molecule has 8 nitrogen and oxygen atoms in total. The molecule has 0 bridgehead atoms. The molecule has 0 radical (unpaired) electrons. The van der Waals surface area contributed by atoms with Gasteiger partial charge in [0, 0.05) is 18.8 Å². The number of hydrogen-bond acceptors (Lipinski definition) is 5. The highest BCUT2D eigenvalue weighted by Crippen LogP contribution is 2.25. The van der Waals surface area contributed by atoms with Crippen molar-refractivity contribution in [3.8, 4) is 5.75 Å². The van der Waals surface area contributed by atoms with Crippen LogP contribution in [-0.2, 0) is 6.73 Å². The van der Waals surface area contributed by atoms with Crippen molar-refractivity contribution in [2.24, 2.45) is 5.92 Å². The Bertz CT molecular complexity index is 696. The number of carbonyl (C=O) groups excluding carboxylic acids is 1. The number of para-hydroxylation sites is 2. The van der Waals surface area contributed by atoms with Gasteiger partial charge in [-0.2, -0.15) is 5.10 Å². The normalized spacial score (nSPS) is 10.6. The van der Waals surface area contributed by atoms with E-state index in [1.807, 2.05) is 13.8 Å². The summed E-state index contributed by atoms with van der Waals surface area (Å²) in [6.45, 7) is 4.54. The number of ether oxygens (including phenoxy) is 1. The van der Waals surface area contributed by atoms with Crippen LogP contribution in [0.4, 0.5) is 5.69 Å². The maximum Gasteiger partial charge on any atom is 0.311 e. The van der Waals surface area contributed by atoms with Gasteiger partial charge in [0.25, 0.3) is 5.91 Å². The van der Waals surface area contributed by atoms with E-state index in [4.69, 9.17) is 4.74 Å². The molecule has 1 N–H and O–H groups in total. The van der Waals surface area contributed by atoms with Crippen LogP contribution in [0.2, 0.25) is 0 Å². The van der Waals surface area contributed by atoms with Crippen LogP contribution in [0.15, 0.2) is 36.5 Å². The highest BCUT2D eigenvalue weighted by molar-refractivity contribution is 5.92. The molecule has 0 aliphatic heterocycles. The maximum absolute atomic E-state index is 11.9. The van der Waals surface area contributed by atoms with Crippen molar-refractivity contribution in [1.82, 2.24) is 15.1 Å². The minimum absolute atomic E-state index is 0.0255. The second-order valence-electron chi connectivity index (χ2n) is 5.34. The molecule has 2 aromatic rings. The summed E-state index contributed by atoms with van der Waals surface area (Å²) >= 11 is 0. The van der Waals surface area contributed by atoms with E-state index in [1.165, 1.54) is 16.8 Å². The molecule has 1 aromatic heterocycles. The van der Waals surface area contributed by atoms with Gasteiger partial charge in [0.2, 0.25) is 0 Å². The van der Waals surface area contributed by atoms with Gasteiger partial charge < -0.3 is 10.1 Å². The van der Waals surface area contributed by atoms with Crippen molar-refractivity contribution >= 4 is 11.6 Å². The van der Waals surface area contributed by atoms with Gasteiger partial charge in [-0.05, 0) is 18.1 Å². The van der Waals surface area contributed by atoms with Crippen molar-refractivity contribution in [3.63, 3.8) is 0 Å². The van der Waals surface area contributed by atoms with Crippen LogP contribution in [0.5, 0.6) is 5.75 Å². The quantitative estimate of drug-likeness (QED) is 0.623. The molecule has 0 unspecified atom stereocenters. The number of amides is 1. The van der Waals surface area contributed by atoms with Crippen molar-refractivity contribution in [3.05, 3.63) is 52.3 Å². The van der Waals surface area contributed by atoms with E-state index < -0.39 is 4.92 Å². The number of benzene rings is 1. The zero-order valence-corrected chi connectivity index (χ0v) is 12.9. The summed E-state index contributed by atoms with van der Waals surface area (Å²) in [6, 6.07) is 7.66. The Morgan fingerprint density at radius 2 is 2.13 bits per heavy atom. The van der Waals surface area contributed by atoms with E-state index in [9.17, 15) is 14.9 Å². The Balaban J connectivity index is 1.98. The van der Waals surface area contributed by atoms with E-state index >= 15 is 0 Å². The molecule has 23 heavy (non-hydrogen) atoms. The first-order chi connectivity index (χ1) is 11.0. The number of carbonyl (C=O) groups is 1. The Labute approximate surface area is 133 Å². The third-order valence-corrected chi connectivity index (χ3v) is 2.96. The number of nitro groups is 1. The molecule has 122 valence electrons. The third-order valence-electron chi connectivity index (χ3n) is 2.96. The van der Waals surface area contributed by atoms with Crippen LogP contribution in [0.25, 0.3) is 0 Å². The first-order valence-electron chi connectivity index (χ1n) is 7.15. The molecule has 0 aliphatic carbocycles. The first kappa shape index (κ1) is 16.5. The first-order valence-corrected chi connectivity index (χ1v) is 7.15. The fourth-order valence-corrected chi connectivity index (χ4v) is 1.81. The monoisotopic (exact) mass is 318 g/mol. The zero-order valence-electron chi connectivity index (χ0n) is 12.9. The summed E-state index contributed by atoms with van der Waals surface area (Å²) in [5.74, 6) is 0.241. The average Bonchev–Trinajstić information content (AvgIpc) is 2.99. The van der Waals surface area contributed by atoms with E-state index in [0.29, 0.717) is 12.5 Å². The highest BCUT2D eigenvalue weighted by atomic mass is 16.6. The molecular formula is C15H18N4O4. The van der Waals surface area contributed by atoms with Crippen molar-refractivity contribution in [1.29, 1.82) is 0 Å². The van der Waals surface area contributed by atoms with E-state index in [-0.39, 0.29) is 29.8 Å². The Hall–Kier alpha value is -2.90. The fraction of sp³-hybridized carbons (Fsp3) is 0.333. The number of aromatic nitrogens is 2. The predicted molar refractivity (Wildman–Crippen MR) is 83.1 cm³/mol. The lowest BCUT2D eigenvalue weighted by Crippen LogP contribution is -2.27. The molecule has 0 fully saturated rings. The van der Waals surface area contributed by atoms with Crippen LogP contribution in [0.1, 0.15) is 24.3 Å². The van der Waals surface area contributed by atoms with Crippen LogP contribution >= 0.6 is 0 Å². The van der Waals surface area contributed by atoms with Crippen LogP contribution in [-0.4, -0.2) is 27.2 Å². The second-order valence-corrected chi connectivity index (χ2v) is 5.34. The number of nitrogens with zero attached hydrogens (tertiary/aromatic N) is 3. The van der Waals surface area contributed by atoms with E-state index in [1.54, 1.807) is 24.4 Å². The van der Waals surface area contributed by atoms with Gasteiger partial charge in [-0.1, -0.05) is 26.0 Å². The summed E-state index contributed by atoms with van der Waals surface area (Å²) in [4.78, 5) is 22.3. The number of nitro benzene ring substituents is 1. The summed E-state index contributed by atoms with van der Waals surface area (Å²) in [5, 5.41) is 17.8. The number of hydrogen-bond donors (Lipinski definition) is 1. The Morgan fingerprint density at radius 3 is 2.83 bits per heavy atom. The average molecular weight is 318 g/mol. The topological polar surface area (TPSA) is 99.3 Å². The lowest BCUT2D eigenvalue weighted by atomic mass is 10.2. The molecule has 1 heterocycles. The lowest BCUT2D eigenvalue weighted by molar-refractivity contribution is -0.386. The molecule has 1 amide bonds. The van der Waals surface area contributed by atoms with Crippen LogP contribution in [0.3, 0.4) is 0 Å². The second kappa shape index (κ2) is 7.39. The molecule has 2 rings (SSSR count). The van der Waals surface area contributed by atoms with Crippen molar-refractivity contribution < 1.29 is 14.5 Å². The standard InChI is InChI=1S/C15H18N4O4/c1-11(2)9-16-15(20)12-7-8-18(17-12)10-23-14-6-4-3-5-13(14)19(21)22/h3-8,11H,9-10H2,1-2H3,(H,16,20). The molecule has 0 saturated heterocycles. The van der Waals surface area contributed by atoms with Gasteiger partial charge in [-0.3, -0.25) is 14.9 Å². The highest BCUT2D eigenvalue weighted by Gasteiger charge is 2.14. The lowest BCUT2D eigenvalue weighted by Gasteiger charge is -2.07. The molecule has 0 saturated carbocycles. The molecule has 8 heteroatoms. The molecule has 1 aromatic carbocycles. The summed E-state index contributed by atoms with van der Waals surface area (Å²) in [5.41, 5.74) is 0.159. The van der Waals surface area contributed by atoms with Gasteiger partial charge in [-0.15, -0.1) is 0 Å². The van der Waals surface area contributed by atoms with Gasteiger partial charge in [-0.25, -0.2) is 4.68 Å². The predicted octanol–water partition coefficient (Wildman–Crippen LogP) is 2.21. The number of nitrogens with one attached hydrogen (secondary N) is 1. The fourth-order valence-electron chi connectivity index (χ4n) is 1.81. The summed E-state index contributed by atoms with van der Waals surface area (Å²) < 4.78 is 6.81. The van der Waals surface area contributed by atoms with Gasteiger partial charge in [0.05, 0.1) is 4.92 Å². The van der Waals surface area contributed by atoms with Crippen LogP contribution in [0, 0.1) is 16.0 Å². The summed E-state index contributed by atoms with van der Waals surface area (Å²) in [6.07, 6.45) is 1.58. The number of rotatable bonds is 7. The molecule has 0 atom stereocenters. The van der Waals surface area contributed by atoms with Gasteiger partial charge >= 0.3 is 5.69 Å². The van der Waals surface area contributed by atoms with Crippen LogP contribution < -0.4 is 10.1 Å². The Morgan fingerprint density at radius 1 is 1.39 bits per heavy atom.